The summed E-state index contributed by atoms with van der Waals surface area (Å²) in [5, 5.41) is 11.6. The van der Waals surface area contributed by atoms with Gasteiger partial charge in [-0.15, -0.1) is 0 Å². The van der Waals surface area contributed by atoms with Gasteiger partial charge in [0.15, 0.2) is 0 Å². The molecule has 0 aromatic carbocycles. The van der Waals surface area contributed by atoms with E-state index in [1.54, 1.807) is 13.0 Å². The van der Waals surface area contributed by atoms with Crippen LogP contribution in [0.15, 0.2) is 6.07 Å². The van der Waals surface area contributed by atoms with E-state index in [0.29, 0.717) is 31.0 Å². The number of carboxylic acids is 1. The number of urea groups is 1. The molecule has 1 atom stereocenters. The molecule has 1 aromatic heterocycles. The van der Waals surface area contributed by atoms with Gasteiger partial charge in [0.05, 0.1) is 13.0 Å². The third-order valence-electron chi connectivity index (χ3n) is 3.32. The van der Waals surface area contributed by atoms with Crippen molar-refractivity contribution in [2.24, 2.45) is 5.92 Å². The van der Waals surface area contributed by atoms with Crippen LogP contribution in [0.3, 0.4) is 0 Å². The van der Waals surface area contributed by atoms with Crippen molar-refractivity contribution in [3.63, 3.8) is 0 Å². The number of carbonyl (C=O) groups is 2. The molecule has 21 heavy (non-hydrogen) atoms. The lowest BCUT2D eigenvalue weighted by atomic mass is 9.99. The standard InChI is InChI=1S/C13H18N4O4/c1-8-6-10(21-2)15-12(14-8)16-13(20)17-5-3-4-9(7-17)11(18)19/h6,9H,3-5,7H2,1-2H3,(H,18,19)(H,14,15,16,20). The summed E-state index contributed by atoms with van der Waals surface area (Å²) in [6.45, 7) is 2.49. The van der Waals surface area contributed by atoms with Gasteiger partial charge >= 0.3 is 12.0 Å². The number of ether oxygens (including phenoxy) is 1. The predicted octanol–water partition coefficient (Wildman–Crippen LogP) is 1.12. The van der Waals surface area contributed by atoms with Gasteiger partial charge in [-0.2, -0.15) is 4.98 Å². The fourth-order valence-electron chi connectivity index (χ4n) is 2.24. The van der Waals surface area contributed by atoms with Gasteiger partial charge in [0.25, 0.3) is 0 Å². The van der Waals surface area contributed by atoms with E-state index in [0.717, 1.165) is 0 Å². The van der Waals surface area contributed by atoms with Gasteiger partial charge in [0.2, 0.25) is 11.8 Å². The second-order valence-electron chi connectivity index (χ2n) is 4.93. The van der Waals surface area contributed by atoms with Gasteiger partial charge in [-0.05, 0) is 19.8 Å². The maximum Gasteiger partial charge on any atom is 0.324 e. The molecule has 1 fully saturated rings. The Morgan fingerprint density at radius 2 is 2.24 bits per heavy atom. The number of carboxylic acid groups (broad SMARTS) is 1. The number of carbonyl (C=O) groups excluding carboxylic acids is 1. The molecule has 8 nitrogen and oxygen atoms in total. The first kappa shape index (κ1) is 15.0. The number of methoxy groups -OCH3 is 1. The third-order valence-corrected chi connectivity index (χ3v) is 3.32. The molecule has 1 aromatic rings. The number of nitrogens with zero attached hydrogens (tertiary/aromatic N) is 3. The van der Waals surface area contributed by atoms with E-state index < -0.39 is 17.9 Å². The van der Waals surface area contributed by atoms with E-state index in [4.69, 9.17) is 9.84 Å². The number of anilines is 1. The SMILES string of the molecule is COc1cc(C)nc(NC(=O)N2CCCC(C(=O)O)C2)n1. The van der Waals surface area contributed by atoms with Gasteiger partial charge in [-0.3, -0.25) is 10.1 Å². The number of aliphatic carboxylic acids is 1. The van der Waals surface area contributed by atoms with Gasteiger partial charge in [0, 0.05) is 24.8 Å². The molecular weight excluding hydrogens is 276 g/mol. The van der Waals surface area contributed by atoms with Crippen molar-refractivity contribution in [1.29, 1.82) is 0 Å². The van der Waals surface area contributed by atoms with Crippen LogP contribution in [0.4, 0.5) is 10.7 Å². The van der Waals surface area contributed by atoms with Gasteiger partial charge < -0.3 is 14.7 Å². The molecule has 0 saturated carbocycles. The summed E-state index contributed by atoms with van der Waals surface area (Å²) < 4.78 is 5.02. The lowest BCUT2D eigenvalue weighted by Crippen LogP contribution is -2.44. The molecule has 0 bridgehead atoms. The quantitative estimate of drug-likeness (QED) is 0.865. The van der Waals surface area contributed by atoms with Crippen LogP contribution in [0.25, 0.3) is 0 Å². The first-order chi connectivity index (χ1) is 9.99. The summed E-state index contributed by atoms with van der Waals surface area (Å²) in [5.41, 5.74) is 0.666. The molecule has 1 unspecified atom stereocenters. The number of amides is 2. The maximum atomic E-state index is 12.1. The summed E-state index contributed by atoms with van der Waals surface area (Å²) >= 11 is 0. The Kier molecular flexibility index (Phi) is 4.56. The first-order valence-electron chi connectivity index (χ1n) is 6.68. The summed E-state index contributed by atoms with van der Waals surface area (Å²) in [5.74, 6) is -0.882. The lowest BCUT2D eigenvalue weighted by Gasteiger charge is -2.30. The maximum absolute atomic E-state index is 12.1. The van der Waals surface area contributed by atoms with Crippen LogP contribution >= 0.6 is 0 Å². The molecular formula is C13H18N4O4. The van der Waals surface area contributed by atoms with Crippen molar-refractivity contribution in [3.8, 4) is 5.88 Å². The van der Waals surface area contributed by atoms with Crippen molar-refractivity contribution < 1.29 is 19.4 Å². The van der Waals surface area contributed by atoms with E-state index >= 15 is 0 Å². The number of hydrogen-bond acceptors (Lipinski definition) is 5. The van der Waals surface area contributed by atoms with Crippen molar-refractivity contribution >= 4 is 17.9 Å². The monoisotopic (exact) mass is 294 g/mol. The molecule has 0 spiro atoms. The predicted molar refractivity (Wildman–Crippen MR) is 74.3 cm³/mol. The normalized spacial score (nSPS) is 18.2. The Balaban J connectivity index is 2.04. The molecule has 1 aliphatic heterocycles. The Labute approximate surface area is 122 Å². The minimum atomic E-state index is -0.874. The average molecular weight is 294 g/mol. The van der Waals surface area contributed by atoms with E-state index in [-0.39, 0.29) is 12.5 Å². The molecule has 1 aliphatic rings. The molecule has 8 heteroatoms. The highest BCUT2D eigenvalue weighted by Crippen LogP contribution is 2.18. The number of hydrogen-bond donors (Lipinski definition) is 2. The fraction of sp³-hybridized carbons (Fsp3) is 0.538. The van der Waals surface area contributed by atoms with E-state index in [9.17, 15) is 9.59 Å². The Bertz CT molecular complexity index is 549. The summed E-state index contributed by atoms with van der Waals surface area (Å²) in [7, 11) is 1.48. The summed E-state index contributed by atoms with van der Waals surface area (Å²) in [6, 6.07) is 1.25. The summed E-state index contributed by atoms with van der Waals surface area (Å²) in [4.78, 5) is 32.8. The molecule has 2 rings (SSSR count). The smallest absolute Gasteiger partial charge is 0.324 e. The van der Waals surface area contributed by atoms with Crippen LogP contribution in [0.1, 0.15) is 18.5 Å². The van der Waals surface area contributed by atoms with Crippen molar-refractivity contribution in [2.75, 3.05) is 25.5 Å². The molecule has 2 N–H and O–H groups in total. The van der Waals surface area contributed by atoms with Gasteiger partial charge in [-0.25, -0.2) is 9.78 Å². The summed E-state index contributed by atoms with van der Waals surface area (Å²) in [6.07, 6.45) is 1.26. The minimum absolute atomic E-state index is 0.147. The fourth-order valence-corrected chi connectivity index (χ4v) is 2.24. The Morgan fingerprint density at radius 3 is 2.90 bits per heavy atom. The van der Waals surface area contributed by atoms with Crippen LogP contribution in [0, 0.1) is 12.8 Å². The van der Waals surface area contributed by atoms with Crippen molar-refractivity contribution in [1.82, 2.24) is 14.9 Å². The molecule has 1 saturated heterocycles. The number of nitrogens with one attached hydrogen (secondary N) is 1. The van der Waals surface area contributed by atoms with Crippen molar-refractivity contribution in [2.45, 2.75) is 19.8 Å². The van der Waals surface area contributed by atoms with Gasteiger partial charge in [0.1, 0.15) is 0 Å². The molecule has 2 amide bonds. The zero-order valence-corrected chi connectivity index (χ0v) is 12.0. The van der Waals surface area contributed by atoms with Crippen LogP contribution in [0.5, 0.6) is 5.88 Å². The number of aromatic nitrogens is 2. The number of piperidine rings is 1. The highest BCUT2D eigenvalue weighted by Gasteiger charge is 2.28. The molecule has 2 heterocycles. The zero-order chi connectivity index (χ0) is 15.4. The van der Waals surface area contributed by atoms with Crippen LogP contribution in [-0.4, -0.2) is 52.2 Å². The van der Waals surface area contributed by atoms with E-state index in [1.165, 1.54) is 12.0 Å². The van der Waals surface area contributed by atoms with E-state index in [1.807, 2.05) is 0 Å². The average Bonchev–Trinajstić information content (AvgIpc) is 2.46. The second kappa shape index (κ2) is 6.38. The van der Waals surface area contributed by atoms with Crippen molar-refractivity contribution in [3.05, 3.63) is 11.8 Å². The third kappa shape index (κ3) is 3.80. The molecule has 114 valence electrons. The number of rotatable bonds is 3. The van der Waals surface area contributed by atoms with Crippen LogP contribution in [-0.2, 0) is 4.79 Å². The highest BCUT2D eigenvalue weighted by molar-refractivity contribution is 5.88. The number of likely N-dealkylation sites (tertiary alicyclic amines) is 1. The van der Waals surface area contributed by atoms with Crippen LogP contribution < -0.4 is 10.1 Å². The first-order valence-corrected chi connectivity index (χ1v) is 6.68. The minimum Gasteiger partial charge on any atom is -0.481 e. The largest absolute Gasteiger partial charge is 0.481 e. The second-order valence-corrected chi connectivity index (χ2v) is 4.93. The van der Waals surface area contributed by atoms with Crippen LogP contribution in [0.2, 0.25) is 0 Å². The molecule has 0 radical (unpaired) electrons. The topological polar surface area (TPSA) is 105 Å². The Hall–Kier alpha value is -2.38. The number of aryl methyl sites for hydroxylation is 1. The Morgan fingerprint density at radius 1 is 1.48 bits per heavy atom. The van der Waals surface area contributed by atoms with Gasteiger partial charge in [-0.1, -0.05) is 0 Å². The van der Waals surface area contributed by atoms with E-state index in [2.05, 4.69) is 15.3 Å². The highest BCUT2D eigenvalue weighted by atomic mass is 16.5. The zero-order valence-electron chi connectivity index (χ0n) is 12.0. The lowest BCUT2D eigenvalue weighted by molar-refractivity contribution is -0.143. The molecule has 0 aliphatic carbocycles.